The molecule has 0 aromatic carbocycles. The van der Waals surface area contributed by atoms with Crippen LogP contribution in [0.5, 0.6) is 0 Å². The van der Waals surface area contributed by atoms with Crippen molar-refractivity contribution in [3.8, 4) is 0 Å². The molecule has 0 saturated carbocycles. The fourth-order valence-electron chi connectivity index (χ4n) is 1.46. The molecule has 1 unspecified atom stereocenters. The highest BCUT2D eigenvalue weighted by atomic mass is 16.5. The molecule has 4 nitrogen and oxygen atoms in total. The Morgan fingerprint density at radius 3 is 2.44 bits per heavy atom. The molecule has 1 atom stereocenters. The van der Waals surface area contributed by atoms with Crippen molar-refractivity contribution in [3.63, 3.8) is 0 Å². The van der Waals surface area contributed by atoms with Gasteiger partial charge in [0.25, 0.3) is 0 Å². The second-order valence-electron chi connectivity index (χ2n) is 5.56. The molecule has 0 fully saturated rings. The molecular weight excluding hydrogens is 230 g/mol. The minimum atomic E-state index is -0.976. The molecule has 18 heavy (non-hydrogen) atoms. The molecule has 4 heteroatoms. The van der Waals surface area contributed by atoms with Crippen LogP contribution < -0.4 is 0 Å². The Bertz CT molecular complexity index is 466. The number of hydrogen-bond donors (Lipinski definition) is 2. The highest BCUT2D eigenvalue weighted by Gasteiger charge is 2.24. The van der Waals surface area contributed by atoms with E-state index in [-0.39, 0.29) is 17.2 Å². The lowest BCUT2D eigenvalue weighted by Gasteiger charge is -2.28. The van der Waals surface area contributed by atoms with Gasteiger partial charge in [0.1, 0.15) is 17.6 Å². The van der Waals surface area contributed by atoms with Crippen LogP contribution in [0.3, 0.4) is 0 Å². The predicted octanol–water partition coefficient (Wildman–Crippen LogP) is 3.44. The van der Waals surface area contributed by atoms with Gasteiger partial charge < -0.3 is 14.8 Å². The number of carboxylic acid groups (broad SMARTS) is 1. The number of carbonyl (C=O) groups is 1. The zero-order chi connectivity index (χ0) is 14.1. The second-order valence-corrected chi connectivity index (χ2v) is 5.56. The standard InChI is InChI=1S/C14H21NO3/c1-8-11(7-15-12(8)13(16)17)9(2)18-10(3)14(4,5)6/h7,10,15H,2H2,1,3-6H3,(H,16,17). The summed E-state index contributed by atoms with van der Waals surface area (Å²) in [5, 5.41) is 8.97. The molecule has 0 aliphatic carbocycles. The van der Waals surface area contributed by atoms with E-state index in [0.29, 0.717) is 16.9 Å². The number of nitrogens with one attached hydrogen (secondary N) is 1. The normalized spacial score (nSPS) is 13.2. The van der Waals surface area contributed by atoms with E-state index in [2.05, 4.69) is 32.3 Å². The highest BCUT2D eigenvalue weighted by molar-refractivity contribution is 5.89. The zero-order valence-electron chi connectivity index (χ0n) is 11.6. The number of carboxylic acids is 1. The molecule has 1 rings (SSSR count). The van der Waals surface area contributed by atoms with Crippen molar-refractivity contribution in [2.75, 3.05) is 0 Å². The van der Waals surface area contributed by atoms with Crippen LogP contribution in [0.15, 0.2) is 12.8 Å². The highest BCUT2D eigenvalue weighted by Crippen LogP contribution is 2.28. The molecule has 0 aliphatic heterocycles. The van der Waals surface area contributed by atoms with E-state index in [9.17, 15) is 4.79 Å². The molecule has 0 saturated heterocycles. The summed E-state index contributed by atoms with van der Waals surface area (Å²) in [6, 6.07) is 0. The molecule has 2 N–H and O–H groups in total. The Morgan fingerprint density at radius 2 is 2.06 bits per heavy atom. The van der Waals surface area contributed by atoms with E-state index in [0.717, 1.165) is 0 Å². The van der Waals surface area contributed by atoms with Crippen molar-refractivity contribution in [3.05, 3.63) is 29.6 Å². The number of aromatic nitrogens is 1. The van der Waals surface area contributed by atoms with Crippen LogP contribution in [0.25, 0.3) is 5.76 Å². The molecule has 0 amide bonds. The summed E-state index contributed by atoms with van der Waals surface area (Å²) in [5.41, 5.74) is 1.54. The molecule has 0 spiro atoms. The third-order valence-electron chi connectivity index (χ3n) is 3.19. The van der Waals surface area contributed by atoms with Crippen molar-refractivity contribution in [2.24, 2.45) is 5.41 Å². The predicted molar refractivity (Wildman–Crippen MR) is 71.5 cm³/mol. The molecule has 0 radical (unpaired) electrons. The van der Waals surface area contributed by atoms with E-state index in [1.54, 1.807) is 13.1 Å². The number of ether oxygens (including phenoxy) is 1. The number of aromatic carboxylic acids is 1. The van der Waals surface area contributed by atoms with E-state index in [1.807, 2.05) is 6.92 Å². The van der Waals surface area contributed by atoms with Crippen molar-refractivity contribution in [1.29, 1.82) is 0 Å². The van der Waals surface area contributed by atoms with Crippen LogP contribution in [0.4, 0.5) is 0 Å². The van der Waals surface area contributed by atoms with Gasteiger partial charge in [-0.1, -0.05) is 27.4 Å². The third-order valence-corrected chi connectivity index (χ3v) is 3.19. The molecule has 1 aromatic rings. The summed E-state index contributed by atoms with van der Waals surface area (Å²) >= 11 is 0. The van der Waals surface area contributed by atoms with Gasteiger partial charge in [-0.3, -0.25) is 0 Å². The molecule has 100 valence electrons. The minimum absolute atomic E-state index is 0.00276. The lowest BCUT2D eigenvalue weighted by Crippen LogP contribution is -2.25. The maximum Gasteiger partial charge on any atom is 0.352 e. The van der Waals surface area contributed by atoms with Gasteiger partial charge in [-0.15, -0.1) is 0 Å². The van der Waals surface area contributed by atoms with Crippen LogP contribution in [0.2, 0.25) is 0 Å². The van der Waals surface area contributed by atoms with Crippen molar-refractivity contribution in [2.45, 2.75) is 40.7 Å². The minimum Gasteiger partial charge on any atom is -0.490 e. The second kappa shape index (κ2) is 4.88. The topological polar surface area (TPSA) is 62.3 Å². The van der Waals surface area contributed by atoms with Crippen LogP contribution in [0, 0.1) is 12.3 Å². The molecular formula is C14H21NO3. The lowest BCUT2D eigenvalue weighted by atomic mass is 9.90. The first-order valence-electron chi connectivity index (χ1n) is 5.91. The SMILES string of the molecule is C=C(OC(C)C(C)(C)C)c1c[nH]c(C(=O)O)c1C. The van der Waals surface area contributed by atoms with Gasteiger partial charge in [-0.25, -0.2) is 4.79 Å². The Balaban J connectivity index is 2.89. The third kappa shape index (κ3) is 2.94. The van der Waals surface area contributed by atoms with Crippen LogP contribution in [-0.4, -0.2) is 22.2 Å². The van der Waals surface area contributed by atoms with Crippen molar-refractivity contribution in [1.82, 2.24) is 4.98 Å². The van der Waals surface area contributed by atoms with Gasteiger partial charge in [0, 0.05) is 11.8 Å². The first kappa shape index (κ1) is 14.4. The van der Waals surface area contributed by atoms with Crippen molar-refractivity contribution >= 4 is 11.7 Å². The Labute approximate surface area is 108 Å². The Morgan fingerprint density at radius 1 is 1.50 bits per heavy atom. The van der Waals surface area contributed by atoms with Crippen LogP contribution in [-0.2, 0) is 4.74 Å². The molecule has 1 aromatic heterocycles. The largest absolute Gasteiger partial charge is 0.490 e. The number of rotatable bonds is 4. The number of aromatic amines is 1. The monoisotopic (exact) mass is 251 g/mol. The first-order valence-corrected chi connectivity index (χ1v) is 5.91. The quantitative estimate of drug-likeness (QED) is 0.806. The van der Waals surface area contributed by atoms with Gasteiger partial charge in [0.15, 0.2) is 0 Å². The van der Waals surface area contributed by atoms with E-state index < -0.39 is 5.97 Å². The van der Waals surface area contributed by atoms with Gasteiger partial charge in [-0.2, -0.15) is 0 Å². The average molecular weight is 251 g/mol. The summed E-state index contributed by atoms with van der Waals surface area (Å²) in [5.74, 6) is -0.478. The number of hydrogen-bond acceptors (Lipinski definition) is 2. The zero-order valence-corrected chi connectivity index (χ0v) is 11.6. The maximum atomic E-state index is 10.9. The summed E-state index contributed by atoms with van der Waals surface area (Å²) in [4.78, 5) is 13.7. The summed E-state index contributed by atoms with van der Waals surface area (Å²) in [6.07, 6.45) is 1.61. The summed E-state index contributed by atoms with van der Waals surface area (Å²) in [7, 11) is 0. The van der Waals surface area contributed by atoms with Crippen molar-refractivity contribution < 1.29 is 14.6 Å². The molecule has 0 bridgehead atoms. The first-order chi connectivity index (χ1) is 8.14. The van der Waals surface area contributed by atoms with E-state index in [1.165, 1.54) is 0 Å². The van der Waals surface area contributed by atoms with Crippen LogP contribution in [0.1, 0.15) is 49.3 Å². The smallest absolute Gasteiger partial charge is 0.352 e. The van der Waals surface area contributed by atoms with Gasteiger partial charge in [-0.05, 0) is 24.8 Å². The van der Waals surface area contributed by atoms with E-state index in [4.69, 9.17) is 9.84 Å². The average Bonchev–Trinajstić information content (AvgIpc) is 2.58. The summed E-state index contributed by atoms with van der Waals surface area (Å²) in [6.45, 7) is 13.8. The molecule has 1 heterocycles. The number of H-pyrrole nitrogens is 1. The van der Waals surface area contributed by atoms with Crippen LogP contribution >= 0.6 is 0 Å². The molecule has 0 aliphatic rings. The van der Waals surface area contributed by atoms with Gasteiger partial charge >= 0.3 is 5.97 Å². The lowest BCUT2D eigenvalue weighted by molar-refractivity contribution is 0.0690. The summed E-state index contributed by atoms with van der Waals surface area (Å²) < 4.78 is 5.77. The van der Waals surface area contributed by atoms with Gasteiger partial charge in [0.2, 0.25) is 0 Å². The fraction of sp³-hybridized carbons (Fsp3) is 0.500. The van der Waals surface area contributed by atoms with Gasteiger partial charge in [0.05, 0.1) is 0 Å². The fourth-order valence-corrected chi connectivity index (χ4v) is 1.46. The van der Waals surface area contributed by atoms with E-state index >= 15 is 0 Å². The maximum absolute atomic E-state index is 10.9. The Hall–Kier alpha value is -1.71. The Kier molecular flexibility index (Phi) is 3.89.